The van der Waals surface area contributed by atoms with Crippen molar-refractivity contribution >= 4 is 29.0 Å². The van der Waals surface area contributed by atoms with Crippen LogP contribution >= 0.6 is 23.2 Å². The largest absolute Gasteiger partial charge is 0.393 e. The number of ketones is 1. The van der Waals surface area contributed by atoms with Crippen molar-refractivity contribution in [2.45, 2.75) is 44.6 Å². The topological polar surface area (TPSA) is 37.3 Å². The predicted molar refractivity (Wildman–Crippen MR) is 84.8 cm³/mol. The van der Waals surface area contributed by atoms with E-state index in [1.165, 1.54) is 0 Å². The summed E-state index contributed by atoms with van der Waals surface area (Å²) in [4.78, 5) is 12.5. The summed E-state index contributed by atoms with van der Waals surface area (Å²) >= 11 is 12.1. The van der Waals surface area contributed by atoms with Crippen molar-refractivity contribution in [3.63, 3.8) is 0 Å². The summed E-state index contributed by atoms with van der Waals surface area (Å²) in [6.07, 6.45) is 2.97. The monoisotopic (exact) mass is 326 g/mol. The summed E-state index contributed by atoms with van der Waals surface area (Å²) < 4.78 is 0. The van der Waals surface area contributed by atoms with Gasteiger partial charge in [0.2, 0.25) is 0 Å². The molecule has 0 spiro atoms. The number of rotatable bonds is 3. The molecule has 1 N–H and O–H groups in total. The van der Waals surface area contributed by atoms with Gasteiger partial charge in [0.05, 0.1) is 16.1 Å². The van der Waals surface area contributed by atoms with Gasteiger partial charge < -0.3 is 5.11 Å². The third-order valence-electron chi connectivity index (χ3n) is 5.25. The van der Waals surface area contributed by atoms with Crippen LogP contribution in [0.15, 0.2) is 18.2 Å². The number of Topliss-reactive ketones (excluding diaryl/α,β-unsaturated/α-hetero) is 1. The van der Waals surface area contributed by atoms with Crippen molar-refractivity contribution in [2.75, 3.05) is 0 Å². The molecule has 114 valence electrons. The van der Waals surface area contributed by atoms with Gasteiger partial charge in [0.1, 0.15) is 5.78 Å². The molecular weight excluding hydrogens is 307 g/mol. The molecule has 2 nitrogen and oxygen atoms in total. The Bertz CT molecular complexity index is 558. The van der Waals surface area contributed by atoms with Crippen LogP contribution in [0, 0.1) is 17.8 Å². The molecule has 0 radical (unpaired) electrons. The predicted octanol–water partition coefficient (Wildman–Crippen LogP) is 4.46. The zero-order valence-corrected chi connectivity index (χ0v) is 13.6. The van der Waals surface area contributed by atoms with E-state index in [9.17, 15) is 9.90 Å². The van der Waals surface area contributed by atoms with Gasteiger partial charge in [0, 0.05) is 12.3 Å². The van der Waals surface area contributed by atoms with Gasteiger partial charge in [-0.3, -0.25) is 4.79 Å². The van der Waals surface area contributed by atoms with E-state index in [-0.39, 0.29) is 29.6 Å². The van der Waals surface area contributed by atoms with Gasteiger partial charge in [0.15, 0.2) is 0 Å². The normalized spacial score (nSPS) is 35.0. The van der Waals surface area contributed by atoms with E-state index in [2.05, 4.69) is 0 Å². The van der Waals surface area contributed by atoms with Crippen molar-refractivity contribution in [1.82, 2.24) is 0 Å². The van der Waals surface area contributed by atoms with Gasteiger partial charge in [-0.2, -0.15) is 0 Å². The van der Waals surface area contributed by atoms with Gasteiger partial charge in [-0.05, 0) is 54.7 Å². The number of aliphatic hydroxyl groups excluding tert-OH is 1. The van der Waals surface area contributed by atoms with Crippen molar-refractivity contribution in [2.24, 2.45) is 17.8 Å². The average molecular weight is 327 g/mol. The zero-order chi connectivity index (χ0) is 15.1. The molecule has 0 aromatic heterocycles. The van der Waals surface area contributed by atoms with Crippen molar-refractivity contribution in [1.29, 1.82) is 0 Å². The van der Waals surface area contributed by atoms with E-state index < -0.39 is 0 Å². The Morgan fingerprint density at radius 3 is 2.67 bits per heavy atom. The first kappa shape index (κ1) is 15.3. The molecule has 2 unspecified atom stereocenters. The first-order valence-corrected chi connectivity index (χ1v) is 8.42. The highest BCUT2D eigenvalue weighted by Gasteiger charge is 2.49. The number of carbonyl (C=O) groups excluding carboxylic acids is 1. The zero-order valence-electron chi connectivity index (χ0n) is 12.1. The van der Waals surface area contributed by atoms with Gasteiger partial charge in [-0.15, -0.1) is 0 Å². The highest BCUT2D eigenvalue weighted by molar-refractivity contribution is 6.42. The van der Waals surface area contributed by atoms with Crippen molar-refractivity contribution in [3.05, 3.63) is 33.8 Å². The Morgan fingerprint density at radius 2 is 2.00 bits per heavy atom. The van der Waals surface area contributed by atoms with Gasteiger partial charge in [0.25, 0.3) is 0 Å². The van der Waals surface area contributed by atoms with Crippen LogP contribution in [-0.4, -0.2) is 17.0 Å². The number of aliphatic hydroxyl groups is 1. The second-order valence-electron chi connectivity index (χ2n) is 6.43. The molecule has 5 atom stereocenters. The summed E-state index contributed by atoms with van der Waals surface area (Å²) in [6.45, 7) is 1.90. The fraction of sp³-hybridized carbons (Fsp3) is 0.588. The Morgan fingerprint density at radius 1 is 1.24 bits per heavy atom. The molecule has 1 aromatic rings. The van der Waals surface area contributed by atoms with E-state index in [0.717, 1.165) is 24.8 Å². The van der Waals surface area contributed by atoms with Crippen LogP contribution in [0.2, 0.25) is 10.0 Å². The molecule has 0 amide bonds. The standard InChI is InChI=1S/C17H20Cl2O2/c1-2-15(20)17-11(5-9-6-12(17)16(21)7-9)10-3-4-13(18)14(19)8-10/h3-4,8-9,11-12,16-17,21H,2,5-7H2,1H3/t9?,11-,12-,16?,17-/m0/s1. The van der Waals surface area contributed by atoms with Gasteiger partial charge in [-0.25, -0.2) is 0 Å². The highest BCUT2D eigenvalue weighted by Crippen LogP contribution is 2.52. The lowest BCUT2D eigenvalue weighted by Gasteiger charge is -2.36. The molecule has 2 saturated carbocycles. The Balaban J connectivity index is 1.98. The van der Waals surface area contributed by atoms with Crippen LogP contribution < -0.4 is 0 Å². The third-order valence-corrected chi connectivity index (χ3v) is 5.99. The van der Waals surface area contributed by atoms with Gasteiger partial charge in [-0.1, -0.05) is 36.2 Å². The SMILES string of the molecule is CCC(=O)[C@H]1[C@H](c2ccc(Cl)c(Cl)c2)CC2CC(O)[C@@H]1C2. The lowest BCUT2D eigenvalue weighted by molar-refractivity contribution is -0.127. The van der Waals surface area contributed by atoms with Crippen LogP contribution in [0.3, 0.4) is 0 Å². The summed E-state index contributed by atoms with van der Waals surface area (Å²) in [5.74, 6) is 0.964. The Hall–Kier alpha value is -0.570. The van der Waals surface area contributed by atoms with E-state index in [1.807, 2.05) is 19.1 Å². The minimum atomic E-state index is -0.330. The second-order valence-corrected chi connectivity index (χ2v) is 7.24. The number of hydrogen-bond donors (Lipinski definition) is 1. The maximum atomic E-state index is 12.5. The van der Waals surface area contributed by atoms with Gasteiger partial charge >= 0.3 is 0 Å². The number of benzene rings is 1. The number of fused-ring (bicyclic) bond motifs is 2. The quantitative estimate of drug-likeness (QED) is 0.890. The molecule has 2 aliphatic carbocycles. The van der Waals surface area contributed by atoms with E-state index >= 15 is 0 Å². The second kappa shape index (κ2) is 5.91. The lowest BCUT2D eigenvalue weighted by Crippen LogP contribution is -2.35. The highest BCUT2D eigenvalue weighted by atomic mass is 35.5. The summed E-state index contributed by atoms with van der Waals surface area (Å²) in [6, 6.07) is 5.67. The minimum Gasteiger partial charge on any atom is -0.393 e. The van der Waals surface area contributed by atoms with E-state index in [0.29, 0.717) is 22.4 Å². The van der Waals surface area contributed by atoms with Crippen LogP contribution in [0.4, 0.5) is 0 Å². The van der Waals surface area contributed by atoms with E-state index in [1.54, 1.807) is 6.07 Å². The summed E-state index contributed by atoms with van der Waals surface area (Å²) in [7, 11) is 0. The number of halogens is 2. The molecule has 3 rings (SSSR count). The first-order valence-electron chi connectivity index (χ1n) is 7.67. The van der Waals surface area contributed by atoms with Crippen LogP contribution in [0.25, 0.3) is 0 Å². The van der Waals surface area contributed by atoms with Crippen molar-refractivity contribution < 1.29 is 9.90 Å². The minimum absolute atomic E-state index is 0.0824. The fourth-order valence-electron chi connectivity index (χ4n) is 4.32. The maximum Gasteiger partial charge on any atom is 0.136 e. The Labute approximate surface area is 135 Å². The molecule has 2 fully saturated rings. The molecule has 2 bridgehead atoms. The molecular formula is C17H20Cl2O2. The van der Waals surface area contributed by atoms with Crippen molar-refractivity contribution in [3.8, 4) is 0 Å². The summed E-state index contributed by atoms with van der Waals surface area (Å²) in [5.41, 5.74) is 1.08. The molecule has 2 aliphatic rings. The number of carbonyl (C=O) groups is 1. The first-order chi connectivity index (χ1) is 10.0. The van der Waals surface area contributed by atoms with Crippen LogP contribution in [-0.2, 0) is 4.79 Å². The van der Waals surface area contributed by atoms with Crippen LogP contribution in [0.1, 0.15) is 44.1 Å². The number of hydrogen-bond acceptors (Lipinski definition) is 2. The maximum absolute atomic E-state index is 12.5. The van der Waals surface area contributed by atoms with E-state index in [4.69, 9.17) is 23.2 Å². The molecule has 21 heavy (non-hydrogen) atoms. The fourth-order valence-corrected chi connectivity index (χ4v) is 4.63. The molecule has 0 aliphatic heterocycles. The third kappa shape index (κ3) is 2.74. The molecule has 0 saturated heterocycles. The smallest absolute Gasteiger partial charge is 0.136 e. The average Bonchev–Trinajstić information content (AvgIpc) is 2.76. The molecule has 0 heterocycles. The lowest BCUT2D eigenvalue weighted by atomic mass is 9.67. The molecule has 1 aromatic carbocycles. The molecule has 4 heteroatoms. The summed E-state index contributed by atoms with van der Waals surface area (Å²) in [5, 5.41) is 11.4. The Kier molecular flexibility index (Phi) is 4.31. The van der Waals surface area contributed by atoms with Crippen LogP contribution in [0.5, 0.6) is 0 Å².